The third-order valence-corrected chi connectivity index (χ3v) is 4.71. The van der Waals surface area contributed by atoms with Crippen molar-refractivity contribution in [3.8, 4) is 5.75 Å². The minimum atomic E-state index is 0.298. The lowest BCUT2D eigenvalue weighted by Gasteiger charge is -2.22. The minimum absolute atomic E-state index is 0.298. The Morgan fingerprint density at radius 1 is 1.29 bits per heavy atom. The van der Waals surface area contributed by atoms with Crippen LogP contribution in [0.5, 0.6) is 5.75 Å². The molecular weight excluding hydrogens is 260 g/mol. The fourth-order valence-corrected chi connectivity index (χ4v) is 3.51. The van der Waals surface area contributed by atoms with Gasteiger partial charge >= 0.3 is 0 Å². The molecule has 116 valence electrons. The lowest BCUT2D eigenvalue weighted by molar-refractivity contribution is 0.219. The summed E-state index contributed by atoms with van der Waals surface area (Å²) in [6, 6.07) is 9.64. The molecule has 3 atom stereocenters. The van der Waals surface area contributed by atoms with Crippen molar-refractivity contribution in [2.24, 2.45) is 0 Å². The van der Waals surface area contributed by atoms with Crippen molar-refractivity contribution >= 4 is 0 Å². The third-order valence-electron chi connectivity index (χ3n) is 4.71. The molecule has 0 radical (unpaired) electrons. The van der Waals surface area contributed by atoms with Gasteiger partial charge in [0.1, 0.15) is 11.9 Å². The van der Waals surface area contributed by atoms with Crippen LogP contribution in [0.15, 0.2) is 24.3 Å². The van der Waals surface area contributed by atoms with E-state index < -0.39 is 0 Å². The van der Waals surface area contributed by atoms with E-state index in [0.29, 0.717) is 18.2 Å². The van der Waals surface area contributed by atoms with Gasteiger partial charge in [0.2, 0.25) is 0 Å². The second-order valence-corrected chi connectivity index (χ2v) is 6.60. The van der Waals surface area contributed by atoms with Crippen LogP contribution in [-0.4, -0.2) is 31.3 Å². The second-order valence-electron chi connectivity index (χ2n) is 6.60. The Balaban J connectivity index is 1.39. The van der Waals surface area contributed by atoms with Crippen molar-refractivity contribution < 1.29 is 4.74 Å². The monoisotopic (exact) mass is 288 g/mol. The largest absolute Gasteiger partial charge is 0.488 e. The summed E-state index contributed by atoms with van der Waals surface area (Å²) in [7, 11) is 0. The van der Waals surface area contributed by atoms with Gasteiger partial charge in [-0.15, -0.1) is 0 Å². The lowest BCUT2D eigenvalue weighted by Crippen LogP contribution is -2.40. The summed E-state index contributed by atoms with van der Waals surface area (Å²) in [6.45, 7) is 4.44. The number of rotatable bonds is 5. The molecule has 1 fully saturated rings. The molecule has 1 aromatic carbocycles. The first-order chi connectivity index (χ1) is 10.3. The number of para-hydroxylation sites is 1. The van der Waals surface area contributed by atoms with E-state index in [1.54, 1.807) is 0 Å². The van der Waals surface area contributed by atoms with Crippen LogP contribution >= 0.6 is 0 Å². The number of hydrogen-bond donors (Lipinski definition) is 2. The van der Waals surface area contributed by atoms with Crippen LogP contribution in [0.2, 0.25) is 0 Å². The van der Waals surface area contributed by atoms with Crippen molar-refractivity contribution in [2.45, 2.75) is 63.6 Å². The fourth-order valence-electron chi connectivity index (χ4n) is 3.51. The normalized spacial score (nSPS) is 26.7. The first-order valence-electron chi connectivity index (χ1n) is 8.52. The molecule has 0 aromatic heterocycles. The van der Waals surface area contributed by atoms with E-state index >= 15 is 0 Å². The summed E-state index contributed by atoms with van der Waals surface area (Å²) < 4.78 is 5.99. The molecule has 21 heavy (non-hydrogen) atoms. The Labute approximate surface area is 128 Å². The summed E-state index contributed by atoms with van der Waals surface area (Å²) in [4.78, 5) is 0. The fraction of sp³-hybridized carbons (Fsp3) is 0.667. The SMILES string of the molecule is CC(CC1CCCCCN1)NCC1Cc2ccccc2O1. The molecule has 3 unspecified atom stereocenters. The number of nitrogens with one attached hydrogen (secondary N) is 2. The second kappa shape index (κ2) is 7.28. The van der Waals surface area contributed by atoms with Gasteiger partial charge in [0.05, 0.1) is 0 Å². The van der Waals surface area contributed by atoms with E-state index in [2.05, 4.69) is 41.8 Å². The summed E-state index contributed by atoms with van der Waals surface area (Å²) in [5.74, 6) is 1.07. The van der Waals surface area contributed by atoms with Gasteiger partial charge in [-0.1, -0.05) is 31.0 Å². The predicted octanol–water partition coefficient (Wildman–Crippen LogP) is 2.89. The van der Waals surface area contributed by atoms with E-state index in [0.717, 1.165) is 18.7 Å². The zero-order valence-corrected chi connectivity index (χ0v) is 13.1. The van der Waals surface area contributed by atoms with Crippen molar-refractivity contribution in [3.05, 3.63) is 29.8 Å². The molecule has 2 aliphatic rings. The van der Waals surface area contributed by atoms with Crippen molar-refractivity contribution in [1.82, 2.24) is 10.6 Å². The predicted molar refractivity (Wildman–Crippen MR) is 86.9 cm³/mol. The van der Waals surface area contributed by atoms with E-state index in [1.807, 2.05) is 0 Å². The molecule has 0 bridgehead atoms. The highest BCUT2D eigenvalue weighted by Gasteiger charge is 2.23. The van der Waals surface area contributed by atoms with Crippen LogP contribution in [0.25, 0.3) is 0 Å². The van der Waals surface area contributed by atoms with Gasteiger partial charge in [-0.2, -0.15) is 0 Å². The van der Waals surface area contributed by atoms with Crippen LogP contribution in [-0.2, 0) is 6.42 Å². The van der Waals surface area contributed by atoms with Gasteiger partial charge in [-0.25, -0.2) is 0 Å². The maximum absolute atomic E-state index is 5.99. The smallest absolute Gasteiger partial charge is 0.123 e. The number of hydrogen-bond acceptors (Lipinski definition) is 3. The summed E-state index contributed by atoms with van der Waals surface area (Å²) in [5, 5.41) is 7.35. The molecule has 0 spiro atoms. The Morgan fingerprint density at radius 2 is 2.19 bits per heavy atom. The first-order valence-corrected chi connectivity index (χ1v) is 8.52. The van der Waals surface area contributed by atoms with E-state index in [9.17, 15) is 0 Å². The Morgan fingerprint density at radius 3 is 3.10 bits per heavy atom. The lowest BCUT2D eigenvalue weighted by atomic mass is 10.0. The van der Waals surface area contributed by atoms with Crippen LogP contribution < -0.4 is 15.4 Å². The molecule has 2 N–H and O–H groups in total. The highest BCUT2D eigenvalue weighted by Crippen LogP contribution is 2.27. The molecule has 0 saturated carbocycles. The maximum atomic E-state index is 5.99. The van der Waals surface area contributed by atoms with E-state index in [-0.39, 0.29) is 0 Å². The molecule has 1 aromatic rings. The highest BCUT2D eigenvalue weighted by atomic mass is 16.5. The van der Waals surface area contributed by atoms with E-state index in [4.69, 9.17) is 4.74 Å². The summed E-state index contributed by atoms with van der Waals surface area (Å²) in [6.07, 6.45) is 8.00. The Hall–Kier alpha value is -1.06. The Kier molecular flexibility index (Phi) is 5.15. The molecule has 0 amide bonds. The average Bonchev–Trinajstić information content (AvgIpc) is 2.74. The molecule has 3 heteroatoms. The molecule has 2 heterocycles. The zero-order chi connectivity index (χ0) is 14.5. The number of benzene rings is 1. The van der Waals surface area contributed by atoms with Gasteiger partial charge in [0.15, 0.2) is 0 Å². The minimum Gasteiger partial charge on any atom is -0.488 e. The van der Waals surface area contributed by atoms with Gasteiger partial charge in [0, 0.05) is 25.0 Å². The first kappa shape index (κ1) is 14.9. The van der Waals surface area contributed by atoms with Crippen LogP contribution in [0.3, 0.4) is 0 Å². The molecule has 3 nitrogen and oxygen atoms in total. The molecule has 0 aliphatic carbocycles. The van der Waals surface area contributed by atoms with Crippen molar-refractivity contribution in [2.75, 3.05) is 13.1 Å². The highest BCUT2D eigenvalue weighted by molar-refractivity contribution is 5.37. The number of ether oxygens (including phenoxy) is 1. The Bertz CT molecular complexity index is 416. The van der Waals surface area contributed by atoms with Gasteiger partial charge in [0.25, 0.3) is 0 Å². The van der Waals surface area contributed by atoms with Gasteiger partial charge in [-0.05, 0) is 44.4 Å². The quantitative estimate of drug-likeness (QED) is 0.874. The molecule has 1 saturated heterocycles. The number of fused-ring (bicyclic) bond motifs is 1. The summed E-state index contributed by atoms with van der Waals surface area (Å²) >= 11 is 0. The van der Waals surface area contributed by atoms with Crippen LogP contribution in [0.1, 0.15) is 44.6 Å². The molecular formula is C18H28N2O. The summed E-state index contributed by atoms with van der Waals surface area (Å²) in [5.41, 5.74) is 1.35. The average molecular weight is 288 g/mol. The maximum Gasteiger partial charge on any atom is 0.123 e. The van der Waals surface area contributed by atoms with Crippen LogP contribution in [0.4, 0.5) is 0 Å². The third kappa shape index (κ3) is 4.21. The van der Waals surface area contributed by atoms with Gasteiger partial charge in [-0.3, -0.25) is 0 Å². The van der Waals surface area contributed by atoms with Crippen molar-refractivity contribution in [3.63, 3.8) is 0 Å². The topological polar surface area (TPSA) is 33.3 Å². The van der Waals surface area contributed by atoms with E-state index in [1.165, 1.54) is 44.2 Å². The van der Waals surface area contributed by atoms with Crippen LogP contribution in [0, 0.1) is 0 Å². The van der Waals surface area contributed by atoms with Gasteiger partial charge < -0.3 is 15.4 Å². The molecule has 2 aliphatic heterocycles. The standard InChI is InChI=1S/C18H28N2O/c1-14(11-16-8-3-2-6-10-19-16)20-13-17-12-15-7-4-5-9-18(15)21-17/h4-5,7,9,14,16-17,19-20H,2-3,6,8,10-13H2,1H3. The zero-order valence-electron chi connectivity index (χ0n) is 13.1. The van der Waals surface area contributed by atoms with Crippen molar-refractivity contribution in [1.29, 1.82) is 0 Å². The molecule has 3 rings (SSSR count).